The highest BCUT2D eigenvalue weighted by Crippen LogP contribution is 2.29. The van der Waals surface area contributed by atoms with E-state index in [4.69, 9.17) is 10.5 Å². The van der Waals surface area contributed by atoms with Crippen molar-refractivity contribution in [2.75, 3.05) is 26.3 Å². The van der Waals surface area contributed by atoms with Gasteiger partial charge in [-0.2, -0.15) is 0 Å². The summed E-state index contributed by atoms with van der Waals surface area (Å²) in [4.78, 5) is 13.7. The van der Waals surface area contributed by atoms with E-state index >= 15 is 0 Å². The van der Waals surface area contributed by atoms with Crippen LogP contribution in [0.25, 0.3) is 0 Å². The second-order valence-electron chi connectivity index (χ2n) is 5.09. The molecular weight excluding hydrogens is 208 g/mol. The van der Waals surface area contributed by atoms with Gasteiger partial charge in [-0.1, -0.05) is 13.3 Å². The zero-order chi connectivity index (χ0) is 11.8. The van der Waals surface area contributed by atoms with Gasteiger partial charge >= 0.3 is 0 Å². The molecule has 0 saturated carbocycles. The molecule has 5 heteroatoms. The lowest BCUT2D eigenvalue weighted by atomic mass is 9.86. The molecule has 5 nitrogen and oxygen atoms in total. The van der Waals surface area contributed by atoms with Crippen LogP contribution in [0.2, 0.25) is 0 Å². The standard InChI is InChI=1S/C11H20N2O3/c1-2-3-10(15)6-13(7-10)9(14)11(12)4-5-16-8-11/h15H,2-8,12H2,1H3. The lowest BCUT2D eigenvalue weighted by molar-refractivity contribution is -0.162. The summed E-state index contributed by atoms with van der Waals surface area (Å²) in [5.41, 5.74) is 4.44. The Kier molecular flexibility index (Phi) is 2.94. The molecule has 1 atom stereocenters. The minimum Gasteiger partial charge on any atom is -0.386 e. The predicted octanol–water partition coefficient (Wildman–Crippen LogP) is -0.522. The molecule has 0 spiro atoms. The monoisotopic (exact) mass is 228 g/mol. The maximum Gasteiger partial charge on any atom is 0.245 e. The van der Waals surface area contributed by atoms with Crippen LogP contribution in [0.15, 0.2) is 0 Å². The van der Waals surface area contributed by atoms with Crippen molar-refractivity contribution in [1.29, 1.82) is 0 Å². The molecule has 1 amide bonds. The number of nitrogens with zero attached hydrogens (tertiary/aromatic N) is 1. The second kappa shape index (κ2) is 3.98. The molecule has 2 fully saturated rings. The first kappa shape index (κ1) is 11.8. The van der Waals surface area contributed by atoms with E-state index in [0.29, 0.717) is 32.7 Å². The largest absolute Gasteiger partial charge is 0.386 e. The fourth-order valence-corrected chi connectivity index (χ4v) is 2.50. The molecule has 0 aromatic carbocycles. The summed E-state index contributed by atoms with van der Waals surface area (Å²) in [6.45, 7) is 3.71. The van der Waals surface area contributed by atoms with E-state index in [1.54, 1.807) is 4.90 Å². The van der Waals surface area contributed by atoms with E-state index in [1.165, 1.54) is 0 Å². The second-order valence-corrected chi connectivity index (χ2v) is 5.09. The summed E-state index contributed by atoms with van der Waals surface area (Å²) < 4.78 is 5.16. The lowest BCUT2D eigenvalue weighted by Gasteiger charge is -2.48. The Balaban J connectivity index is 1.90. The molecule has 2 saturated heterocycles. The van der Waals surface area contributed by atoms with Crippen molar-refractivity contribution < 1.29 is 14.6 Å². The van der Waals surface area contributed by atoms with E-state index < -0.39 is 11.1 Å². The Morgan fingerprint density at radius 3 is 2.75 bits per heavy atom. The van der Waals surface area contributed by atoms with Gasteiger partial charge in [0, 0.05) is 6.61 Å². The highest BCUT2D eigenvalue weighted by atomic mass is 16.5. The third kappa shape index (κ3) is 1.95. The van der Waals surface area contributed by atoms with Crippen LogP contribution >= 0.6 is 0 Å². The summed E-state index contributed by atoms with van der Waals surface area (Å²) in [5, 5.41) is 9.99. The molecule has 2 rings (SSSR count). The summed E-state index contributed by atoms with van der Waals surface area (Å²) in [6, 6.07) is 0. The molecule has 0 aliphatic carbocycles. The van der Waals surface area contributed by atoms with Crippen LogP contribution in [0.5, 0.6) is 0 Å². The van der Waals surface area contributed by atoms with Gasteiger partial charge in [-0.25, -0.2) is 0 Å². The van der Waals surface area contributed by atoms with Gasteiger partial charge in [0.05, 0.1) is 25.3 Å². The zero-order valence-electron chi connectivity index (χ0n) is 9.74. The van der Waals surface area contributed by atoms with Gasteiger partial charge in [-0.15, -0.1) is 0 Å². The molecule has 1 unspecified atom stereocenters. The van der Waals surface area contributed by atoms with Crippen molar-refractivity contribution in [3.8, 4) is 0 Å². The Bertz CT molecular complexity index is 281. The van der Waals surface area contributed by atoms with Gasteiger partial charge in [0.25, 0.3) is 0 Å². The number of aliphatic hydroxyl groups is 1. The summed E-state index contributed by atoms with van der Waals surface area (Å²) in [6.07, 6.45) is 2.24. The normalized spacial score (nSPS) is 32.6. The number of nitrogens with two attached hydrogens (primary N) is 1. The van der Waals surface area contributed by atoms with Gasteiger partial charge in [0.15, 0.2) is 0 Å². The zero-order valence-corrected chi connectivity index (χ0v) is 9.74. The third-order valence-corrected chi connectivity index (χ3v) is 3.45. The first-order valence-electron chi connectivity index (χ1n) is 5.87. The minimum atomic E-state index is -0.854. The molecule has 2 heterocycles. The minimum absolute atomic E-state index is 0.0780. The Labute approximate surface area is 95.5 Å². The smallest absolute Gasteiger partial charge is 0.245 e. The molecule has 2 aliphatic rings. The first-order valence-corrected chi connectivity index (χ1v) is 5.87. The number of carbonyl (C=O) groups is 1. The van der Waals surface area contributed by atoms with Crippen LogP contribution in [0.3, 0.4) is 0 Å². The number of β-amino-alcohol motifs (C(OH)–C–C–N with tert-alkyl or cyclic N) is 1. The lowest BCUT2D eigenvalue weighted by Crippen LogP contribution is -2.69. The number of hydrogen-bond acceptors (Lipinski definition) is 4. The number of carbonyl (C=O) groups excluding carboxylic acids is 1. The van der Waals surface area contributed by atoms with E-state index in [0.717, 1.165) is 12.8 Å². The quantitative estimate of drug-likeness (QED) is 0.681. The van der Waals surface area contributed by atoms with E-state index in [2.05, 4.69) is 0 Å². The van der Waals surface area contributed by atoms with E-state index in [-0.39, 0.29) is 5.91 Å². The molecule has 0 aromatic heterocycles. The van der Waals surface area contributed by atoms with Gasteiger partial charge in [-0.05, 0) is 12.8 Å². The maximum absolute atomic E-state index is 12.1. The van der Waals surface area contributed by atoms with E-state index in [1.807, 2.05) is 6.92 Å². The van der Waals surface area contributed by atoms with Gasteiger partial charge in [0.2, 0.25) is 5.91 Å². The molecule has 0 radical (unpaired) electrons. The van der Waals surface area contributed by atoms with Crippen molar-refractivity contribution >= 4 is 5.91 Å². The molecule has 92 valence electrons. The maximum atomic E-state index is 12.1. The van der Waals surface area contributed by atoms with Crippen LogP contribution in [0, 0.1) is 0 Å². The average Bonchev–Trinajstić information content (AvgIpc) is 2.62. The Hall–Kier alpha value is -0.650. The fraction of sp³-hybridized carbons (Fsp3) is 0.909. The molecule has 0 aromatic rings. The SMILES string of the molecule is CCCC1(O)CN(C(=O)C2(N)CCOC2)C1. The van der Waals surface area contributed by atoms with Crippen LogP contribution in [0.1, 0.15) is 26.2 Å². The highest BCUT2D eigenvalue weighted by Gasteiger charge is 2.49. The van der Waals surface area contributed by atoms with Gasteiger partial charge < -0.3 is 20.5 Å². The highest BCUT2D eigenvalue weighted by molar-refractivity contribution is 5.87. The van der Waals surface area contributed by atoms with Crippen LogP contribution in [-0.4, -0.2) is 53.4 Å². The Morgan fingerprint density at radius 1 is 1.56 bits per heavy atom. The summed E-state index contributed by atoms with van der Waals surface area (Å²) in [5.74, 6) is -0.0780. The number of hydrogen-bond donors (Lipinski definition) is 2. The Morgan fingerprint density at radius 2 is 2.25 bits per heavy atom. The topological polar surface area (TPSA) is 75.8 Å². The number of ether oxygens (including phenoxy) is 1. The van der Waals surface area contributed by atoms with Gasteiger partial charge in [0.1, 0.15) is 5.54 Å². The predicted molar refractivity (Wildman–Crippen MR) is 58.8 cm³/mol. The van der Waals surface area contributed by atoms with Gasteiger partial charge in [-0.3, -0.25) is 4.79 Å². The summed E-state index contributed by atoms with van der Waals surface area (Å²) in [7, 11) is 0. The van der Waals surface area contributed by atoms with Crippen LogP contribution in [-0.2, 0) is 9.53 Å². The molecule has 0 bridgehead atoms. The molecular formula is C11H20N2O3. The molecule has 16 heavy (non-hydrogen) atoms. The summed E-state index contributed by atoms with van der Waals surface area (Å²) >= 11 is 0. The van der Waals surface area contributed by atoms with Crippen LogP contribution < -0.4 is 5.73 Å². The van der Waals surface area contributed by atoms with Crippen molar-refractivity contribution in [2.24, 2.45) is 5.73 Å². The average molecular weight is 228 g/mol. The number of rotatable bonds is 3. The van der Waals surface area contributed by atoms with Crippen molar-refractivity contribution in [3.05, 3.63) is 0 Å². The molecule has 2 aliphatic heterocycles. The number of amides is 1. The third-order valence-electron chi connectivity index (χ3n) is 3.45. The van der Waals surface area contributed by atoms with E-state index in [9.17, 15) is 9.90 Å². The van der Waals surface area contributed by atoms with Crippen molar-refractivity contribution in [3.63, 3.8) is 0 Å². The fourth-order valence-electron chi connectivity index (χ4n) is 2.50. The molecule has 3 N–H and O–H groups in total. The number of likely N-dealkylation sites (tertiary alicyclic amines) is 1. The van der Waals surface area contributed by atoms with Crippen molar-refractivity contribution in [1.82, 2.24) is 4.90 Å². The first-order chi connectivity index (χ1) is 7.49. The van der Waals surface area contributed by atoms with Crippen molar-refractivity contribution in [2.45, 2.75) is 37.3 Å². The van der Waals surface area contributed by atoms with Crippen LogP contribution in [0.4, 0.5) is 0 Å².